The maximum Gasteiger partial charge on any atom is 0.0748 e. The van der Waals surface area contributed by atoms with Crippen LogP contribution in [0.3, 0.4) is 0 Å². The highest BCUT2D eigenvalue weighted by molar-refractivity contribution is 5.38. The number of nitrogens with one attached hydrogen (secondary N) is 1. The van der Waals surface area contributed by atoms with Crippen molar-refractivity contribution in [3.8, 4) is 0 Å². The van der Waals surface area contributed by atoms with Crippen molar-refractivity contribution in [2.45, 2.75) is 18.9 Å². The molecule has 2 rings (SSSR count). The van der Waals surface area contributed by atoms with Crippen LogP contribution in [0.2, 0.25) is 0 Å². The molecule has 1 atom stereocenters. The number of hydrogen-bond donors (Lipinski definition) is 1. The highest BCUT2D eigenvalue weighted by Gasteiger charge is 2.14. The molecule has 1 N–H and O–H groups in total. The molecule has 0 amide bonds. The van der Waals surface area contributed by atoms with Crippen molar-refractivity contribution in [3.63, 3.8) is 0 Å². The van der Waals surface area contributed by atoms with Gasteiger partial charge in [0, 0.05) is 13.2 Å². The van der Waals surface area contributed by atoms with Crippen LogP contribution < -0.4 is 5.32 Å². The molecule has 1 aromatic rings. The molecular weight excluding hydrogens is 166 g/mol. The molecule has 1 fully saturated rings. The number of hydrogen-bond acceptors (Lipinski definition) is 4. The molecule has 0 spiro atoms. The number of ether oxygens (including phenoxy) is 1. The second kappa shape index (κ2) is 4.18. The first kappa shape index (κ1) is 8.44. The predicted molar refractivity (Wildman–Crippen MR) is 49.5 cm³/mol. The molecule has 4 nitrogen and oxygen atoms in total. The summed E-state index contributed by atoms with van der Waals surface area (Å²) >= 11 is 0. The van der Waals surface area contributed by atoms with Crippen LogP contribution in [-0.2, 0) is 4.74 Å². The quantitative estimate of drug-likeness (QED) is 0.754. The van der Waals surface area contributed by atoms with Gasteiger partial charge in [0.05, 0.1) is 24.2 Å². The van der Waals surface area contributed by atoms with E-state index >= 15 is 0 Å². The molecule has 13 heavy (non-hydrogen) atoms. The zero-order valence-corrected chi connectivity index (χ0v) is 7.44. The lowest BCUT2D eigenvalue weighted by atomic mass is 10.2. The van der Waals surface area contributed by atoms with Crippen molar-refractivity contribution < 1.29 is 4.74 Å². The van der Waals surface area contributed by atoms with Gasteiger partial charge in [-0.05, 0) is 18.9 Å². The molecule has 1 aliphatic heterocycles. The van der Waals surface area contributed by atoms with Crippen LogP contribution in [0.4, 0.5) is 5.69 Å². The Hall–Kier alpha value is -1.16. The van der Waals surface area contributed by atoms with Crippen LogP contribution in [-0.4, -0.2) is 29.5 Å². The first-order chi connectivity index (χ1) is 6.45. The number of nitrogens with zero attached hydrogens (tertiary/aromatic N) is 2. The molecule has 70 valence electrons. The van der Waals surface area contributed by atoms with Crippen molar-refractivity contribution in [3.05, 3.63) is 18.5 Å². The first-order valence-corrected chi connectivity index (χ1v) is 4.57. The first-order valence-electron chi connectivity index (χ1n) is 4.57. The molecule has 1 aromatic heterocycles. The zero-order valence-electron chi connectivity index (χ0n) is 7.44. The van der Waals surface area contributed by atoms with Gasteiger partial charge in [-0.25, -0.2) is 0 Å². The molecule has 1 aliphatic rings. The van der Waals surface area contributed by atoms with Gasteiger partial charge in [-0.1, -0.05) is 0 Å². The minimum absolute atomic E-state index is 0.369. The Morgan fingerprint density at radius 3 is 3.23 bits per heavy atom. The third-order valence-electron chi connectivity index (χ3n) is 2.14. The van der Waals surface area contributed by atoms with Gasteiger partial charge in [-0.15, -0.1) is 0 Å². The van der Waals surface area contributed by atoms with Crippen molar-refractivity contribution in [1.82, 2.24) is 10.2 Å². The lowest BCUT2D eigenvalue weighted by Crippen LogP contribution is -2.18. The zero-order chi connectivity index (χ0) is 8.93. The van der Waals surface area contributed by atoms with Gasteiger partial charge in [0.1, 0.15) is 0 Å². The summed E-state index contributed by atoms with van der Waals surface area (Å²) in [5, 5.41) is 10.7. The SMILES string of the molecule is c1cc(NC[C@@H]2CCCO2)cnn1. The van der Waals surface area contributed by atoms with Crippen LogP contribution in [0.25, 0.3) is 0 Å². The molecule has 0 radical (unpaired) electrons. The Kier molecular flexibility index (Phi) is 2.72. The topological polar surface area (TPSA) is 47.0 Å². The third-order valence-corrected chi connectivity index (χ3v) is 2.14. The normalized spacial score (nSPS) is 21.7. The lowest BCUT2D eigenvalue weighted by molar-refractivity contribution is 0.120. The average molecular weight is 179 g/mol. The van der Waals surface area contributed by atoms with E-state index in [1.807, 2.05) is 6.07 Å². The molecular formula is C9H13N3O. The summed E-state index contributed by atoms with van der Waals surface area (Å²) in [7, 11) is 0. The molecule has 4 heteroatoms. The van der Waals surface area contributed by atoms with E-state index in [-0.39, 0.29) is 0 Å². The molecule has 2 heterocycles. The molecule has 0 unspecified atom stereocenters. The Morgan fingerprint density at radius 2 is 2.54 bits per heavy atom. The predicted octanol–water partition coefficient (Wildman–Crippen LogP) is 1.07. The molecule has 0 saturated carbocycles. The Labute approximate surface area is 77.3 Å². The maximum absolute atomic E-state index is 5.48. The van der Waals surface area contributed by atoms with E-state index in [2.05, 4.69) is 15.5 Å². The lowest BCUT2D eigenvalue weighted by Gasteiger charge is -2.10. The monoisotopic (exact) mass is 179 g/mol. The Bertz CT molecular complexity index is 246. The van der Waals surface area contributed by atoms with Crippen LogP contribution in [0.1, 0.15) is 12.8 Å². The minimum atomic E-state index is 0.369. The Morgan fingerprint density at radius 1 is 1.54 bits per heavy atom. The van der Waals surface area contributed by atoms with E-state index in [4.69, 9.17) is 4.74 Å². The van der Waals surface area contributed by atoms with Crippen molar-refractivity contribution in [2.75, 3.05) is 18.5 Å². The summed E-state index contributed by atoms with van der Waals surface area (Å²) in [6.07, 6.45) is 6.10. The fourth-order valence-corrected chi connectivity index (χ4v) is 1.43. The smallest absolute Gasteiger partial charge is 0.0748 e. The minimum Gasteiger partial charge on any atom is -0.381 e. The summed E-state index contributed by atoms with van der Waals surface area (Å²) in [6.45, 7) is 1.77. The summed E-state index contributed by atoms with van der Waals surface area (Å²) in [4.78, 5) is 0. The van der Waals surface area contributed by atoms with Crippen molar-refractivity contribution >= 4 is 5.69 Å². The van der Waals surface area contributed by atoms with Crippen LogP contribution >= 0.6 is 0 Å². The van der Waals surface area contributed by atoms with Crippen LogP contribution in [0.15, 0.2) is 18.5 Å². The van der Waals surface area contributed by atoms with E-state index < -0.39 is 0 Å². The molecule has 0 aromatic carbocycles. The van der Waals surface area contributed by atoms with Gasteiger partial charge in [-0.3, -0.25) is 0 Å². The summed E-state index contributed by atoms with van der Waals surface area (Å²) < 4.78 is 5.48. The van der Waals surface area contributed by atoms with Gasteiger partial charge in [-0.2, -0.15) is 10.2 Å². The van der Waals surface area contributed by atoms with E-state index in [1.165, 1.54) is 6.42 Å². The van der Waals surface area contributed by atoms with Gasteiger partial charge in [0.25, 0.3) is 0 Å². The van der Waals surface area contributed by atoms with Crippen LogP contribution in [0, 0.1) is 0 Å². The number of rotatable bonds is 3. The second-order valence-corrected chi connectivity index (χ2v) is 3.15. The van der Waals surface area contributed by atoms with E-state index in [1.54, 1.807) is 12.4 Å². The fraction of sp³-hybridized carbons (Fsp3) is 0.556. The van der Waals surface area contributed by atoms with Crippen molar-refractivity contribution in [2.24, 2.45) is 0 Å². The summed E-state index contributed by atoms with van der Waals surface area (Å²) in [5.41, 5.74) is 1.01. The van der Waals surface area contributed by atoms with Crippen molar-refractivity contribution in [1.29, 1.82) is 0 Å². The van der Waals surface area contributed by atoms with Crippen LogP contribution in [0.5, 0.6) is 0 Å². The van der Waals surface area contributed by atoms with Gasteiger partial charge in [0.15, 0.2) is 0 Å². The van der Waals surface area contributed by atoms with E-state index in [0.29, 0.717) is 6.10 Å². The third kappa shape index (κ3) is 2.39. The standard InChI is InChI=1S/C9H13N3O/c1-2-9(13-5-1)7-10-8-3-4-11-12-6-8/h3-4,6,9H,1-2,5,7H2,(H,10,11)/t9-/m0/s1. The highest BCUT2D eigenvalue weighted by atomic mass is 16.5. The highest BCUT2D eigenvalue weighted by Crippen LogP contribution is 2.12. The number of aromatic nitrogens is 2. The van der Waals surface area contributed by atoms with Gasteiger partial charge < -0.3 is 10.1 Å². The molecule has 1 saturated heterocycles. The molecule has 0 aliphatic carbocycles. The largest absolute Gasteiger partial charge is 0.381 e. The Balaban J connectivity index is 1.79. The summed E-state index contributed by atoms with van der Waals surface area (Å²) in [5.74, 6) is 0. The summed E-state index contributed by atoms with van der Waals surface area (Å²) in [6, 6.07) is 1.90. The average Bonchev–Trinajstić information content (AvgIpc) is 2.69. The van der Waals surface area contributed by atoms with Gasteiger partial charge >= 0.3 is 0 Å². The number of anilines is 1. The maximum atomic E-state index is 5.48. The van der Waals surface area contributed by atoms with E-state index in [9.17, 15) is 0 Å². The van der Waals surface area contributed by atoms with E-state index in [0.717, 1.165) is 25.3 Å². The second-order valence-electron chi connectivity index (χ2n) is 3.15. The molecule has 0 bridgehead atoms. The van der Waals surface area contributed by atoms with Gasteiger partial charge in [0.2, 0.25) is 0 Å². The fourth-order valence-electron chi connectivity index (χ4n) is 1.43.